The van der Waals surface area contributed by atoms with Gasteiger partial charge in [0.15, 0.2) is 0 Å². The highest BCUT2D eigenvalue weighted by atomic mass is 15.3. The van der Waals surface area contributed by atoms with Crippen LogP contribution in [-0.2, 0) is 0 Å². The van der Waals surface area contributed by atoms with Crippen molar-refractivity contribution in [3.8, 4) is 0 Å². The van der Waals surface area contributed by atoms with E-state index in [2.05, 4.69) is 29.0 Å². The highest BCUT2D eigenvalue weighted by Crippen LogP contribution is 2.37. The predicted molar refractivity (Wildman–Crippen MR) is 75.8 cm³/mol. The normalized spacial score (nSPS) is 35.3. The number of rotatable bonds is 2. The van der Waals surface area contributed by atoms with Gasteiger partial charge < -0.3 is 5.32 Å². The molecule has 3 rings (SSSR count). The van der Waals surface area contributed by atoms with Gasteiger partial charge in [0.2, 0.25) is 0 Å². The monoisotopic (exact) mass is 251 g/mol. The summed E-state index contributed by atoms with van der Waals surface area (Å²) in [6.07, 6.45) is 5.72. The van der Waals surface area contributed by atoms with Crippen LogP contribution in [-0.4, -0.2) is 61.2 Å². The van der Waals surface area contributed by atoms with Gasteiger partial charge in [-0.1, -0.05) is 20.3 Å². The smallest absolute Gasteiger partial charge is 0.0346 e. The summed E-state index contributed by atoms with van der Waals surface area (Å²) in [4.78, 5) is 5.48. The van der Waals surface area contributed by atoms with Gasteiger partial charge in [0.05, 0.1) is 0 Å². The second-order valence-corrected chi connectivity index (χ2v) is 7.30. The lowest BCUT2D eigenvalue weighted by molar-refractivity contribution is 0.0242. The summed E-state index contributed by atoms with van der Waals surface area (Å²) < 4.78 is 0. The second kappa shape index (κ2) is 5.10. The van der Waals surface area contributed by atoms with Crippen LogP contribution < -0.4 is 5.32 Å². The molecule has 0 aromatic heterocycles. The average Bonchev–Trinajstić information content (AvgIpc) is 2.26. The Morgan fingerprint density at radius 3 is 2.06 bits per heavy atom. The van der Waals surface area contributed by atoms with E-state index in [0.717, 1.165) is 12.1 Å². The van der Waals surface area contributed by atoms with Crippen molar-refractivity contribution in [2.45, 2.75) is 51.6 Å². The van der Waals surface area contributed by atoms with Gasteiger partial charge in [0, 0.05) is 51.4 Å². The van der Waals surface area contributed by atoms with Crippen LogP contribution in [0.25, 0.3) is 0 Å². The Hall–Kier alpha value is -0.120. The van der Waals surface area contributed by atoms with Crippen LogP contribution in [0.3, 0.4) is 0 Å². The third kappa shape index (κ3) is 2.73. The molecule has 3 nitrogen and oxygen atoms in total. The summed E-state index contributed by atoms with van der Waals surface area (Å²) >= 11 is 0. The fraction of sp³-hybridized carbons (Fsp3) is 1.00. The van der Waals surface area contributed by atoms with E-state index >= 15 is 0 Å². The summed E-state index contributed by atoms with van der Waals surface area (Å²) in [5, 5.41) is 3.39. The first-order valence-corrected chi connectivity index (χ1v) is 7.83. The number of nitrogens with one attached hydrogen (secondary N) is 1. The van der Waals surface area contributed by atoms with Gasteiger partial charge in [-0.15, -0.1) is 0 Å². The quantitative estimate of drug-likeness (QED) is 0.803. The van der Waals surface area contributed by atoms with Gasteiger partial charge in [0.25, 0.3) is 0 Å². The Bertz CT molecular complexity index is 277. The van der Waals surface area contributed by atoms with E-state index in [1.54, 1.807) is 0 Å². The third-order valence-corrected chi connectivity index (χ3v) is 5.32. The minimum atomic E-state index is 0.581. The van der Waals surface area contributed by atoms with E-state index in [1.807, 2.05) is 0 Å². The highest BCUT2D eigenvalue weighted by molar-refractivity contribution is 4.91. The molecular weight excluding hydrogens is 222 g/mol. The topological polar surface area (TPSA) is 18.5 Å². The Labute approximate surface area is 112 Å². The van der Waals surface area contributed by atoms with Crippen LogP contribution in [0.1, 0.15) is 39.5 Å². The maximum absolute atomic E-state index is 3.39. The van der Waals surface area contributed by atoms with Crippen LogP contribution in [0.2, 0.25) is 0 Å². The Kier molecular flexibility index (Phi) is 3.65. The fourth-order valence-corrected chi connectivity index (χ4v) is 3.97. The lowest BCUT2D eigenvalue weighted by Gasteiger charge is -2.47. The second-order valence-electron chi connectivity index (χ2n) is 7.30. The van der Waals surface area contributed by atoms with Gasteiger partial charge in [-0.25, -0.2) is 0 Å². The lowest BCUT2D eigenvalue weighted by Crippen LogP contribution is -2.62. The van der Waals surface area contributed by atoms with E-state index in [9.17, 15) is 0 Å². The highest BCUT2D eigenvalue weighted by Gasteiger charge is 2.34. The maximum Gasteiger partial charge on any atom is 0.0346 e. The van der Waals surface area contributed by atoms with Crippen molar-refractivity contribution in [1.29, 1.82) is 0 Å². The van der Waals surface area contributed by atoms with Crippen molar-refractivity contribution in [1.82, 2.24) is 15.1 Å². The summed E-state index contributed by atoms with van der Waals surface area (Å²) in [5.74, 6) is 0. The van der Waals surface area contributed by atoms with Crippen molar-refractivity contribution in [2.75, 3.05) is 39.3 Å². The van der Waals surface area contributed by atoms with Crippen molar-refractivity contribution in [3.63, 3.8) is 0 Å². The first-order valence-electron chi connectivity index (χ1n) is 7.83. The molecule has 1 N–H and O–H groups in total. The Balaban J connectivity index is 1.49. The summed E-state index contributed by atoms with van der Waals surface area (Å²) in [7, 11) is 0. The lowest BCUT2D eigenvalue weighted by atomic mass is 9.74. The first kappa shape index (κ1) is 12.9. The average molecular weight is 251 g/mol. The molecule has 1 saturated carbocycles. The molecule has 0 radical (unpaired) electrons. The molecule has 3 heteroatoms. The first-order chi connectivity index (χ1) is 8.64. The molecule has 0 bridgehead atoms. The number of hydrogen-bond donors (Lipinski definition) is 1. The van der Waals surface area contributed by atoms with Gasteiger partial charge in [0.1, 0.15) is 0 Å². The molecule has 0 aromatic carbocycles. The zero-order valence-corrected chi connectivity index (χ0v) is 12.1. The molecule has 0 spiro atoms. The largest absolute Gasteiger partial charge is 0.314 e. The van der Waals surface area contributed by atoms with Crippen molar-refractivity contribution in [2.24, 2.45) is 5.41 Å². The van der Waals surface area contributed by atoms with Gasteiger partial charge in [-0.05, 0) is 24.7 Å². The van der Waals surface area contributed by atoms with Gasteiger partial charge in [-0.3, -0.25) is 9.80 Å². The van der Waals surface area contributed by atoms with E-state index in [1.165, 1.54) is 65.0 Å². The Morgan fingerprint density at radius 1 is 0.944 bits per heavy atom. The predicted octanol–water partition coefficient (Wildman–Crippen LogP) is 1.54. The number of hydrogen-bond acceptors (Lipinski definition) is 3. The van der Waals surface area contributed by atoms with Crippen molar-refractivity contribution < 1.29 is 0 Å². The van der Waals surface area contributed by atoms with Crippen LogP contribution >= 0.6 is 0 Å². The van der Waals surface area contributed by atoms with Crippen LogP contribution in [0.4, 0.5) is 0 Å². The molecule has 3 fully saturated rings. The van der Waals surface area contributed by atoms with E-state index in [4.69, 9.17) is 0 Å². The molecule has 2 saturated heterocycles. The van der Waals surface area contributed by atoms with Crippen LogP contribution in [0.5, 0.6) is 0 Å². The molecular formula is C15H29N3. The number of nitrogens with zero attached hydrogens (tertiary/aromatic N) is 2. The molecule has 18 heavy (non-hydrogen) atoms. The summed E-state index contributed by atoms with van der Waals surface area (Å²) in [5.41, 5.74) is 0.581. The van der Waals surface area contributed by atoms with Crippen LogP contribution in [0.15, 0.2) is 0 Å². The fourth-order valence-electron chi connectivity index (χ4n) is 3.97. The standard InChI is InChI=1S/C15H29N3/c1-15(2)5-3-4-13(10-15)17-6-8-18(9-7-17)14-11-16-12-14/h13-14,16H,3-12H2,1-2H3. The molecule has 3 aliphatic rings. The maximum atomic E-state index is 3.39. The summed E-state index contributed by atoms with van der Waals surface area (Å²) in [6.45, 7) is 12.5. The van der Waals surface area contributed by atoms with E-state index in [0.29, 0.717) is 5.41 Å². The van der Waals surface area contributed by atoms with E-state index in [-0.39, 0.29) is 0 Å². The molecule has 1 unspecified atom stereocenters. The molecule has 104 valence electrons. The van der Waals surface area contributed by atoms with Gasteiger partial charge >= 0.3 is 0 Å². The van der Waals surface area contributed by atoms with E-state index < -0.39 is 0 Å². The van der Waals surface area contributed by atoms with Crippen LogP contribution in [0, 0.1) is 5.41 Å². The molecule has 1 atom stereocenters. The molecule has 2 heterocycles. The van der Waals surface area contributed by atoms with Crippen molar-refractivity contribution >= 4 is 0 Å². The zero-order chi connectivity index (χ0) is 12.6. The molecule has 1 aliphatic carbocycles. The molecule has 2 aliphatic heterocycles. The number of piperazine rings is 1. The Morgan fingerprint density at radius 2 is 1.56 bits per heavy atom. The third-order valence-electron chi connectivity index (χ3n) is 5.32. The minimum absolute atomic E-state index is 0.581. The SMILES string of the molecule is CC1(C)CCCC(N2CCN(C3CNC3)CC2)C1. The zero-order valence-electron chi connectivity index (χ0n) is 12.1. The van der Waals surface area contributed by atoms with Gasteiger partial charge in [-0.2, -0.15) is 0 Å². The molecule has 0 amide bonds. The van der Waals surface area contributed by atoms with Crippen molar-refractivity contribution in [3.05, 3.63) is 0 Å². The minimum Gasteiger partial charge on any atom is -0.314 e. The molecule has 0 aromatic rings. The summed E-state index contributed by atoms with van der Waals surface area (Å²) in [6, 6.07) is 1.71.